The van der Waals surface area contributed by atoms with Gasteiger partial charge in [0.25, 0.3) is 5.91 Å². The molecule has 0 spiro atoms. The second-order valence-electron chi connectivity index (χ2n) is 10.0. The maximum Gasteiger partial charge on any atom is 0.328 e. The average molecular weight is 631 g/mol. The quantitative estimate of drug-likeness (QED) is 0.0539. The second-order valence-corrected chi connectivity index (χ2v) is 11.2. The van der Waals surface area contributed by atoms with E-state index in [1.54, 1.807) is 30.5 Å². The van der Waals surface area contributed by atoms with Crippen molar-refractivity contribution >= 4 is 57.6 Å². The third-order valence-electron chi connectivity index (χ3n) is 6.88. The van der Waals surface area contributed by atoms with Gasteiger partial charge < -0.3 is 27.3 Å². The van der Waals surface area contributed by atoms with Crippen LogP contribution in [0.15, 0.2) is 36.5 Å². The zero-order valence-corrected chi connectivity index (χ0v) is 25.0. The van der Waals surface area contributed by atoms with Gasteiger partial charge in [-0.3, -0.25) is 9.59 Å². The molecule has 0 unspecified atom stereocenters. The number of nitrogens with one attached hydrogen (secondary N) is 2. The number of unbranched alkanes of at least 4 members (excludes halogenated alkanes) is 1. The largest absolute Gasteiger partial charge is 0.467 e. The van der Waals surface area contributed by atoms with Crippen molar-refractivity contribution in [3.8, 4) is 11.4 Å². The number of nitrogen functional groups attached to an aromatic ring is 3. The van der Waals surface area contributed by atoms with Crippen LogP contribution in [0.2, 0.25) is 0 Å². The Morgan fingerprint density at radius 3 is 2.67 bits per heavy atom. The van der Waals surface area contributed by atoms with Gasteiger partial charge in [-0.05, 0) is 61.2 Å². The number of rotatable bonds is 13. The van der Waals surface area contributed by atoms with Gasteiger partial charge in [0.2, 0.25) is 11.8 Å². The lowest BCUT2D eigenvalue weighted by Gasteiger charge is -2.16. The number of carbonyl (C=O) groups excluding carboxylic acids is 3. The first kappa shape index (κ1) is 30.9. The maximum absolute atomic E-state index is 13.0. The van der Waals surface area contributed by atoms with Crippen LogP contribution in [-0.2, 0) is 22.4 Å². The number of aryl methyl sites for hydroxylation is 2. The summed E-state index contributed by atoms with van der Waals surface area (Å²) in [4.78, 5) is 56.6. The summed E-state index contributed by atoms with van der Waals surface area (Å²) < 4.78 is 4.91. The van der Waals surface area contributed by atoms with Crippen LogP contribution in [0.1, 0.15) is 56.3 Å². The number of H-pyrrole nitrogens is 1. The number of esters is 1. The minimum Gasteiger partial charge on any atom is -0.467 e. The lowest BCUT2D eigenvalue weighted by atomic mass is 9.98. The van der Waals surface area contributed by atoms with Crippen LogP contribution < -0.4 is 22.5 Å². The molecule has 1 atom stereocenters. The molecule has 8 N–H and O–H groups in total. The molecule has 0 radical (unpaired) electrons. The molecule has 5 rings (SSSR count). The fourth-order valence-corrected chi connectivity index (χ4v) is 5.55. The lowest BCUT2D eigenvalue weighted by Crippen LogP contribution is -2.41. The number of aromatic nitrogens is 8. The van der Waals surface area contributed by atoms with Gasteiger partial charge in [-0.15, -0.1) is 21.5 Å². The highest BCUT2D eigenvalue weighted by atomic mass is 32.1. The first-order chi connectivity index (χ1) is 21.7. The Labute approximate surface area is 260 Å². The van der Waals surface area contributed by atoms with E-state index in [1.807, 2.05) is 6.07 Å². The number of benzene rings is 1. The standard InChI is InChI=1S/C28H30N12O4S/c1-44-27(43)19(4-2-3-5-20(41)17-10-6-14(29)12-18(17)24-37-39-40-38-24)34-26(42)21-11-9-16(45-21)8-7-15-13-32-25-22(33-15)23(30)35-28(31)36-25/h6,9-13,19H,2-5,7-8,29H2,1H3,(H,34,42)(H,37,38,39,40)(H4,30,31,32,35,36)/t19-/m0/s1. The number of thiophene rings is 1. The molecule has 1 aromatic carbocycles. The summed E-state index contributed by atoms with van der Waals surface area (Å²) in [6.07, 6.45) is 4.22. The van der Waals surface area contributed by atoms with Crippen molar-refractivity contribution in [1.82, 2.24) is 45.9 Å². The van der Waals surface area contributed by atoms with Gasteiger partial charge in [0.1, 0.15) is 6.04 Å². The van der Waals surface area contributed by atoms with Crippen LogP contribution in [0.3, 0.4) is 0 Å². The van der Waals surface area contributed by atoms with E-state index >= 15 is 0 Å². The SMILES string of the molecule is COC(=O)[C@H](CCCCC(=O)c1ccc(N)cc1-c1nn[nH]n1)NC(=O)c1ccc(CCc2cnc3nc(N)nc(N)c3n2)s1. The summed E-state index contributed by atoms with van der Waals surface area (Å²) in [5.74, 6) is -0.631. The van der Waals surface area contributed by atoms with Gasteiger partial charge in [-0.2, -0.15) is 15.2 Å². The Balaban J connectivity index is 1.14. The third-order valence-corrected chi connectivity index (χ3v) is 8.03. The van der Waals surface area contributed by atoms with E-state index in [0.717, 1.165) is 4.88 Å². The van der Waals surface area contributed by atoms with Gasteiger partial charge in [0.15, 0.2) is 22.8 Å². The van der Waals surface area contributed by atoms with E-state index in [4.69, 9.17) is 21.9 Å². The minimum atomic E-state index is -0.871. The number of anilines is 3. The Bertz CT molecular complexity index is 1840. The number of aromatic amines is 1. The number of fused-ring (bicyclic) bond motifs is 1. The van der Waals surface area contributed by atoms with Crippen LogP contribution in [0.4, 0.5) is 17.5 Å². The Morgan fingerprint density at radius 1 is 1.04 bits per heavy atom. The summed E-state index contributed by atoms with van der Waals surface area (Å²) in [6.45, 7) is 0. The van der Waals surface area contributed by atoms with Crippen molar-refractivity contribution in [2.24, 2.45) is 0 Å². The molecule has 0 aliphatic rings. The van der Waals surface area contributed by atoms with Crippen molar-refractivity contribution in [2.75, 3.05) is 24.3 Å². The lowest BCUT2D eigenvalue weighted by molar-refractivity contribution is -0.143. The van der Waals surface area contributed by atoms with Crippen molar-refractivity contribution in [2.45, 2.75) is 44.6 Å². The number of nitrogens with zero attached hydrogens (tertiary/aromatic N) is 7. The van der Waals surface area contributed by atoms with Gasteiger partial charge in [0.05, 0.1) is 23.9 Å². The van der Waals surface area contributed by atoms with E-state index in [0.29, 0.717) is 70.7 Å². The molecule has 0 saturated heterocycles. The van der Waals surface area contributed by atoms with Crippen LogP contribution in [0, 0.1) is 0 Å². The van der Waals surface area contributed by atoms with E-state index in [-0.39, 0.29) is 29.8 Å². The number of ketones is 1. The smallest absolute Gasteiger partial charge is 0.328 e. The fourth-order valence-electron chi connectivity index (χ4n) is 4.64. The zero-order chi connectivity index (χ0) is 31.9. The highest BCUT2D eigenvalue weighted by Gasteiger charge is 2.23. The molecule has 16 nitrogen and oxygen atoms in total. The maximum atomic E-state index is 13.0. The highest BCUT2D eigenvalue weighted by molar-refractivity contribution is 7.14. The van der Waals surface area contributed by atoms with E-state index in [9.17, 15) is 14.4 Å². The highest BCUT2D eigenvalue weighted by Crippen LogP contribution is 2.25. The molecule has 0 bridgehead atoms. The zero-order valence-electron chi connectivity index (χ0n) is 24.2. The predicted octanol–water partition coefficient (Wildman–Crippen LogP) is 1.91. The van der Waals surface area contributed by atoms with Gasteiger partial charge in [-0.25, -0.2) is 14.8 Å². The molecular weight excluding hydrogens is 600 g/mol. The normalized spacial score (nSPS) is 11.8. The molecule has 4 aromatic heterocycles. The summed E-state index contributed by atoms with van der Waals surface area (Å²) in [7, 11) is 1.26. The van der Waals surface area contributed by atoms with Crippen LogP contribution in [0.25, 0.3) is 22.6 Å². The number of hydrogen-bond donors (Lipinski definition) is 5. The molecule has 0 saturated carbocycles. The first-order valence-corrected chi connectivity index (χ1v) is 14.7. The average Bonchev–Trinajstić information content (AvgIpc) is 3.74. The number of methoxy groups -OCH3 is 1. The first-order valence-electron chi connectivity index (χ1n) is 13.9. The van der Waals surface area contributed by atoms with Gasteiger partial charge in [-0.1, -0.05) is 6.42 Å². The Hall–Kier alpha value is -5.58. The predicted molar refractivity (Wildman–Crippen MR) is 166 cm³/mol. The Kier molecular flexibility index (Phi) is 9.47. The van der Waals surface area contributed by atoms with Crippen molar-refractivity contribution in [3.63, 3.8) is 0 Å². The van der Waals surface area contributed by atoms with Gasteiger partial charge in [0, 0.05) is 28.1 Å². The van der Waals surface area contributed by atoms with Crippen molar-refractivity contribution in [3.05, 3.63) is 57.5 Å². The molecule has 5 aromatic rings. The summed E-state index contributed by atoms with van der Waals surface area (Å²) in [5.41, 5.74) is 20.2. The number of ether oxygens (including phenoxy) is 1. The molecule has 17 heteroatoms. The molecular formula is C28H30N12O4S. The fraction of sp³-hybridized carbons (Fsp3) is 0.286. The molecule has 0 fully saturated rings. The second kappa shape index (κ2) is 13.8. The van der Waals surface area contributed by atoms with E-state index in [1.165, 1.54) is 18.4 Å². The number of nitrogens with two attached hydrogens (primary N) is 3. The van der Waals surface area contributed by atoms with E-state index < -0.39 is 17.9 Å². The minimum absolute atomic E-state index is 0.0293. The number of carbonyl (C=O) groups is 3. The van der Waals surface area contributed by atoms with E-state index in [2.05, 4.69) is 45.9 Å². The molecule has 0 aliphatic heterocycles. The topological polar surface area (TPSA) is 257 Å². The Morgan fingerprint density at radius 2 is 1.89 bits per heavy atom. The molecule has 232 valence electrons. The van der Waals surface area contributed by atoms with Crippen molar-refractivity contribution in [1.29, 1.82) is 0 Å². The van der Waals surface area contributed by atoms with Gasteiger partial charge >= 0.3 is 5.97 Å². The summed E-state index contributed by atoms with van der Waals surface area (Å²) in [6, 6.07) is 7.57. The molecule has 0 aliphatic carbocycles. The van der Waals surface area contributed by atoms with Crippen LogP contribution in [-0.4, -0.2) is 71.4 Å². The monoisotopic (exact) mass is 630 g/mol. The van der Waals surface area contributed by atoms with Crippen molar-refractivity contribution < 1.29 is 19.1 Å². The molecule has 45 heavy (non-hydrogen) atoms. The number of Topliss-reactive ketones (excluding diaryl/α,β-unsaturated/α-hetero) is 1. The number of amides is 1. The number of tetrazole rings is 1. The third kappa shape index (κ3) is 7.50. The molecule has 1 amide bonds. The van der Waals surface area contributed by atoms with Crippen LogP contribution in [0.5, 0.6) is 0 Å². The summed E-state index contributed by atoms with van der Waals surface area (Å²) in [5, 5.41) is 16.6. The summed E-state index contributed by atoms with van der Waals surface area (Å²) >= 11 is 1.31. The van der Waals surface area contributed by atoms with Crippen LogP contribution >= 0.6 is 11.3 Å². The number of hydrogen-bond acceptors (Lipinski definition) is 15. The molecule has 4 heterocycles.